The molecule has 0 aliphatic carbocycles. The number of esters is 2. The Bertz CT molecular complexity index is 577. The Kier molecular flexibility index (Phi) is 5.06. The number of aromatic amines is 1. The van der Waals surface area contributed by atoms with E-state index in [1.54, 1.807) is 4.98 Å². The zero-order valence-corrected chi connectivity index (χ0v) is 10.7. The van der Waals surface area contributed by atoms with Gasteiger partial charge in [-0.25, -0.2) is 27.2 Å². The molecule has 1 N–H and O–H groups in total. The van der Waals surface area contributed by atoms with Crippen LogP contribution in [0.4, 0.5) is 17.6 Å². The van der Waals surface area contributed by atoms with Gasteiger partial charge in [0.1, 0.15) is 22.5 Å². The molecule has 21 heavy (non-hydrogen) atoms. The fraction of sp³-hybridized carbons (Fsp3) is 0.364. The second-order valence-electron chi connectivity index (χ2n) is 3.62. The molecule has 6 nitrogen and oxygen atoms in total. The third-order valence-corrected chi connectivity index (χ3v) is 2.48. The minimum atomic E-state index is -3.43. The van der Waals surface area contributed by atoms with Crippen molar-refractivity contribution in [2.75, 3.05) is 14.2 Å². The molecule has 0 bridgehead atoms. The number of methoxy groups -OCH3 is 2. The lowest BCUT2D eigenvalue weighted by atomic mass is 10.1. The SMILES string of the molecule is COC(=O)c1c(C(F)F)[nH]c(C(F)F)c(C(=O)OC)c1=O. The first-order chi connectivity index (χ1) is 9.76. The van der Waals surface area contributed by atoms with Gasteiger partial charge in [0.25, 0.3) is 12.9 Å². The third kappa shape index (κ3) is 3.03. The Hall–Kier alpha value is -2.39. The highest BCUT2D eigenvalue weighted by Gasteiger charge is 2.32. The summed E-state index contributed by atoms with van der Waals surface area (Å²) in [7, 11) is 1.60. The summed E-state index contributed by atoms with van der Waals surface area (Å²) in [6, 6.07) is 0. The van der Waals surface area contributed by atoms with Crippen LogP contribution in [0.15, 0.2) is 4.79 Å². The first kappa shape index (κ1) is 16.7. The standard InChI is InChI=1S/C11H9F4NO5/c1-20-10(18)3-5(8(12)13)16-6(9(14)15)4(7(3)17)11(19)21-2/h8-9H,1-2H3,(H,16,17). The molecule has 0 aromatic carbocycles. The summed E-state index contributed by atoms with van der Waals surface area (Å²) in [5.74, 6) is -2.98. The second-order valence-corrected chi connectivity index (χ2v) is 3.62. The molecule has 0 saturated heterocycles. The van der Waals surface area contributed by atoms with Crippen LogP contribution in [0.2, 0.25) is 0 Å². The van der Waals surface area contributed by atoms with Gasteiger partial charge in [-0.05, 0) is 0 Å². The maximum atomic E-state index is 12.8. The molecule has 1 aromatic rings. The van der Waals surface area contributed by atoms with E-state index >= 15 is 0 Å². The zero-order valence-electron chi connectivity index (χ0n) is 10.7. The van der Waals surface area contributed by atoms with Crippen molar-refractivity contribution in [3.8, 4) is 0 Å². The topological polar surface area (TPSA) is 85.5 Å². The van der Waals surface area contributed by atoms with Gasteiger partial charge in [0.15, 0.2) is 0 Å². The van der Waals surface area contributed by atoms with Crippen molar-refractivity contribution in [3.05, 3.63) is 32.7 Å². The van der Waals surface area contributed by atoms with Crippen LogP contribution in [0.1, 0.15) is 45.0 Å². The number of ether oxygens (including phenoxy) is 2. The van der Waals surface area contributed by atoms with Crippen LogP contribution in [0.3, 0.4) is 0 Å². The molecule has 10 heteroatoms. The van der Waals surface area contributed by atoms with Crippen LogP contribution in [0.25, 0.3) is 0 Å². The van der Waals surface area contributed by atoms with Crippen molar-refractivity contribution in [2.45, 2.75) is 12.9 Å². The number of rotatable bonds is 4. The van der Waals surface area contributed by atoms with E-state index in [4.69, 9.17) is 0 Å². The Morgan fingerprint density at radius 1 is 0.905 bits per heavy atom. The van der Waals surface area contributed by atoms with E-state index in [1.807, 2.05) is 0 Å². The van der Waals surface area contributed by atoms with Crippen LogP contribution in [-0.2, 0) is 9.47 Å². The number of pyridine rings is 1. The van der Waals surface area contributed by atoms with Crippen molar-refractivity contribution in [1.82, 2.24) is 4.98 Å². The maximum Gasteiger partial charge on any atom is 0.343 e. The largest absolute Gasteiger partial charge is 0.465 e. The molecule has 0 atom stereocenters. The normalized spacial score (nSPS) is 10.9. The molecule has 0 aliphatic rings. The average molecular weight is 311 g/mol. The van der Waals surface area contributed by atoms with E-state index in [0.29, 0.717) is 0 Å². The van der Waals surface area contributed by atoms with E-state index in [-0.39, 0.29) is 0 Å². The zero-order chi connectivity index (χ0) is 16.3. The number of hydrogen-bond donors (Lipinski definition) is 1. The monoisotopic (exact) mass is 311 g/mol. The van der Waals surface area contributed by atoms with Crippen molar-refractivity contribution in [1.29, 1.82) is 0 Å². The lowest BCUT2D eigenvalue weighted by Crippen LogP contribution is -2.29. The van der Waals surface area contributed by atoms with Crippen molar-refractivity contribution in [3.63, 3.8) is 0 Å². The van der Waals surface area contributed by atoms with Crippen molar-refractivity contribution >= 4 is 11.9 Å². The summed E-state index contributed by atoms with van der Waals surface area (Å²) < 4.78 is 59.6. The Labute approximate surface area is 114 Å². The molecule has 0 amide bonds. The van der Waals surface area contributed by atoms with Gasteiger partial charge in [-0.15, -0.1) is 0 Å². The van der Waals surface area contributed by atoms with Gasteiger partial charge in [0.2, 0.25) is 5.43 Å². The number of hydrogen-bond acceptors (Lipinski definition) is 5. The van der Waals surface area contributed by atoms with E-state index in [0.717, 1.165) is 14.2 Å². The Morgan fingerprint density at radius 2 is 1.24 bits per heavy atom. The Balaban J connectivity index is 3.85. The number of aromatic nitrogens is 1. The predicted molar refractivity (Wildman–Crippen MR) is 59.7 cm³/mol. The van der Waals surface area contributed by atoms with Gasteiger partial charge in [0, 0.05) is 0 Å². The van der Waals surface area contributed by atoms with Gasteiger partial charge in [-0.1, -0.05) is 0 Å². The average Bonchev–Trinajstić information content (AvgIpc) is 2.44. The molecule has 1 aromatic heterocycles. The first-order valence-electron chi connectivity index (χ1n) is 5.29. The summed E-state index contributed by atoms with van der Waals surface area (Å²) in [4.78, 5) is 36.3. The first-order valence-corrected chi connectivity index (χ1v) is 5.29. The van der Waals surface area contributed by atoms with Crippen LogP contribution in [0, 0.1) is 0 Å². The quantitative estimate of drug-likeness (QED) is 0.677. The highest BCUT2D eigenvalue weighted by molar-refractivity contribution is 5.96. The smallest absolute Gasteiger partial charge is 0.343 e. The number of H-pyrrole nitrogens is 1. The highest BCUT2D eigenvalue weighted by atomic mass is 19.3. The highest BCUT2D eigenvalue weighted by Crippen LogP contribution is 2.26. The fourth-order valence-corrected chi connectivity index (χ4v) is 1.58. The number of halogens is 4. The molecular weight excluding hydrogens is 302 g/mol. The third-order valence-electron chi connectivity index (χ3n) is 2.48. The molecule has 1 rings (SSSR count). The van der Waals surface area contributed by atoms with Gasteiger partial charge < -0.3 is 14.5 Å². The summed E-state index contributed by atoms with van der Waals surface area (Å²) in [5.41, 5.74) is -6.77. The van der Waals surface area contributed by atoms with E-state index in [1.165, 1.54) is 0 Å². The number of carbonyl (C=O) groups is 2. The number of carbonyl (C=O) groups excluding carboxylic acids is 2. The molecule has 0 saturated carbocycles. The fourth-order valence-electron chi connectivity index (χ4n) is 1.58. The molecule has 0 aliphatic heterocycles. The molecule has 0 radical (unpaired) electrons. The summed E-state index contributed by atoms with van der Waals surface area (Å²) in [5, 5.41) is 0. The van der Waals surface area contributed by atoms with Gasteiger partial charge in [0.05, 0.1) is 14.2 Å². The molecule has 0 unspecified atom stereocenters. The molecule has 0 spiro atoms. The lowest BCUT2D eigenvalue weighted by molar-refractivity contribution is 0.0572. The molecule has 0 fully saturated rings. The summed E-state index contributed by atoms with van der Waals surface area (Å²) in [6.07, 6.45) is -6.87. The summed E-state index contributed by atoms with van der Waals surface area (Å²) >= 11 is 0. The van der Waals surface area contributed by atoms with E-state index < -0.39 is 52.7 Å². The van der Waals surface area contributed by atoms with Crippen LogP contribution >= 0.6 is 0 Å². The lowest BCUT2D eigenvalue weighted by Gasteiger charge is -2.13. The molecule has 1 heterocycles. The van der Waals surface area contributed by atoms with Crippen molar-refractivity contribution in [2.24, 2.45) is 0 Å². The van der Waals surface area contributed by atoms with Gasteiger partial charge in [-0.3, -0.25) is 4.79 Å². The van der Waals surface area contributed by atoms with Crippen LogP contribution < -0.4 is 5.43 Å². The van der Waals surface area contributed by atoms with E-state index in [9.17, 15) is 31.9 Å². The maximum absolute atomic E-state index is 12.8. The van der Waals surface area contributed by atoms with E-state index in [2.05, 4.69) is 9.47 Å². The van der Waals surface area contributed by atoms with Gasteiger partial charge >= 0.3 is 11.9 Å². The predicted octanol–water partition coefficient (Wildman–Crippen LogP) is 1.82. The number of nitrogens with one attached hydrogen (secondary N) is 1. The second kappa shape index (κ2) is 6.37. The number of alkyl halides is 4. The Morgan fingerprint density at radius 3 is 1.48 bits per heavy atom. The van der Waals surface area contributed by atoms with Crippen LogP contribution in [-0.4, -0.2) is 31.1 Å². The van der Waals surface area contributed by atoms with Gasteiger partial charge in [-0.2, -0.15) is 0 Å². The molecule has 116 valence electrons. The van der Waals surface area contributed by atoms with Crippen LogP contribution in [0.5, 0.6) is 0 Å². The molecular formula is C11H9F4NO5. The van der Waals surface area contributed by atoms with Crippen molar-refractivity contribution < 1.29 is 36.6 Å². The summed E-state index contributed by atoms with van der Waals surface area (Å²) in [6.45, 7) is 0. The minimum Gasteiger partial charge on any atom is -0.465 e. The minimum absolute atomic E-state index is 0.801.